The molecule has 0 bridgehead atoms. The Morgan fingerprint density at radius 3 is 2.38 bits per heavy atom. The SMILES string of the molecule is C#C.COC1(c2cc3c(NCc4cccc(C(F)(F)F)c4C)nc(C)nc3n(C)c2=O)CCN(C(C)=O)CC1. The number of fused-ring (bicyclic) bond motifs is 1. The van der Waals surface area contributed by atoms with Gasteiger partial charge in [0, 0.05) is 40.7 Å². The number of ether oxygens (including phenoxy) is 1. The zero-order chi connectivity index (χ0) is 29.1. The smallest absolute Gasteiger partial charge is 0.373 e. The summed E-state index contributed by atoms with van der Waals surface area (Å²) in [5.41, 5.74) is -0.386. The van der Waals surface area contributed by atoms with Gasteiger partial charge in [-0.25, -0.2) is 9.97 Å². The van der Waals surface area contributed by atoms with Crippen LogP contribution in [0.15, 0.2) is 29.1 Å². The molecule has 1 aliphatic rings. The Morgan fingerprint density at radius 2 is 1.82 bits per heavy atom. The molecule has 0 unspecified atom stereocenters. The van der Waals surface area contributed by atoms with Gasteiger partial charge in [0.15, 0.2) is 0 Å². The number of rotatable bonds is 5. The molecule has 2 aromatic heterocycles. The van der Waals surface area contributed by atoms with E-state index in [2.05, 4.69) is 28.1 Å². The lowest BCUT2D eigenvalue weighted by molar-refractivity contribution is -0.138. The highest BCUT2D eigenvalue weighted by atomic mass is 19.4. The minimum absolute atomic E-state index is 0.0311. The van der Waals surface area contributed by atoms with Gasteiger partial charge in [0.05, 0.1) is 16.5 Å². The second-order valence-electron chi connectivity index (χ2n) is 9.42. The Kier molecular flexibility index (Phi) is 8.70. The number of alkyl halides is 3. The van der Waals surface area contributed by atoms with Crippen molar-refractivity contribution in [1.29, 1.82) is 0 Å². The molecule has 8 nitrogen and oxygen atoms in total. The van der Waals surface area contributed by atoms with Crippen molar-refractivity contribution in [3.8, 4) is 12.8 Å². The van der Waals surface area contributed by atoms with E-state index in [-0.39, 0.29) is 23.6 Å². The molecule has 3 heterocycles. The van der Waals surface area contributed by atoms with E-state index in [1.54, 1.807) is 38.1 Å². The molecule has 0 saturated carbocycles. The number of halogens is 3. The zero-order valence-corrected chi connectivity index (χ0v) is 22.6. The third-order valence-corrected chi connectivity index (χ3v) is 7.27. The molecular formula is C28H32F3N5O3. The van der Waals surface area contributed by atoms with Crippen molar-refractivity contribution in [2.75, 3.05) is 25.5 Å². The van der Waals surface area contributed by atoms with Crippen molar-refractivity contribution in [2.24, 2.45) is 7.05 Å². The van der Waals surface area contributed by atoms with Gasteiger partial charge in [-0.15, -0.1) is 12.8 Å². The Morgan fingerprint density at radius 1 is 1.18 bits per heavy atom. The van der Waals surface area contributed by atoms with Crippen molar-refractivity contribution < 1.29 is 22.7 Å². The van der Waals surface area contributed by atoms with Crippen LogP contribution in [-0.2, 0) is 34.9 Å². The zero-order valence-electron chi connectivity index (χ0n) is 22.6. The molecule has 0 aliphatic carbocycles. The predicted molar refractivity (Wildman–Crippen MR) is 143 cm³/mol. The van der Waals surface area contributed by atoms with Crippen molar-refractivity contribution in [3.63, 3.8) is 0 Å². The molecule has 0 atom stereocenters. The van der Waals surface area contributed by atoms with Crippen LogP contribution in [0.4, 0.5) is 19.0 Å². The Labute approximate surface area is 225 Å². The standard InChI is InChI=1S/C26H30F3N5O3.C2H2/c1-15-18(7-6-8-20(15)26(27,28)29)14-30-22-19-13-21(24(36)33(4)23(19)32-16(2)31-22)25(37-5)9-11-34(12-10-25)17(3)35;1-2/h6-8,13H,9-12,14H2,1-5H3,(H,30,31,32);1-2H. The topological polar surface area (TPSA) is 89.3 Å². The average molecular weight is 544 g/mol. The summed E-state index contributed by atoms with van der Waals surface area (Å²) in [6.07, 6.45) is 4.45. The monoisotopic (exact) mass is 543 g/mol. The number of hydrogen-bond acceptors (Lipinski definition) is 6. The van der Waals surface area contributed by atoms with Crippen LogP contribution < -0.4 is 10.9 Å². The van der Waals surface area contributed by atoms with Crippen LogP contribution in [0.2, 0.25) is 0 Å². The van der Waals surface area contributed by atoms with Crippen LogP contribution >= 0.6 is 0 Å². The molecule has 1 N–H and O–H groups in total. The Balaban J connectivity index is 0.00000205. The summed E-state index contributed by atoms with van der Waals surface area (Å²) in [5.74, 6) is 0.787. The van der Waals surface area contributed by atoms with Gasteiger partial charge in [-0.1, -0.05) is 12.1 Å². The molecule has 0 spiro atoms. The third kappa shape index (κ3) is 5.76. The normalized spacial score (nSPS) is 15.0. The number of carbonyl (C=O) groups excluding carboxylic acids is 1. The van der Waals surface area contributed by atoms with Crippen LogP contribution in [0, 0.1) is 26.7 Å². The molecule has 3 aromatic rings. The summed E-state index contributed by atoms with van der Waals surface area (Å²) in [6.45, 7) is 5.65. The largest absolute Gasteiger partial charge is 0.416 e. The van der Waals surface area contributed by atoms with Gasteiger partial charge >= 0.3 is 6.18 Å². The number of piperidine rings is 1. The van der Waals surface area contributed by atoms with Crippen molar-refractivity contribution in [1.82, 2.24) is 19.4 Å². The number of pyridine rings is 1. The highest BCUT2D eigenvalue weighted by Gasteiger charge is 2.40. The van der Waals surface area contributed by atoms with Crippen LogP contribution in [0.3, 0.4) is 0 Å². The number of hydrogen-bond donors (Lipinski definition) is 1. The molecule has 208 valence electrons. The van der Waals surface area contributed by atoms with Gasteiger partial charge in [0.1, 0.15) is 22.9 Å². The summed E-state index contributed by atoms with van der Waals surface area (Å²) in [7, 11) is 3.17. The molecule has 11 heteroatoms. The minimum atomic E-state index is -4.45. The van der Waals surface area contributed by atoms with Gasteiger partial charge < -0.3 is 15.0 Å². The predicted octanol–water partition coefficient (Wildman–Crippen LogP) is 4.31. The number of aryl methyl sites for hydroxylation is 2. The minimum Gasteiger partial charge on any atom is -0.373 e. The number of methoxy groups -OCH3 is 1. The summed E-state index contributed by atoms with van der Waals surface area (Å²) < 4.78 is 47.5. The van der Waals surface area contributed by atoms with Gasteiger partial charge in [0.25, 0.3) is 5.56 Å². The fourth-order valence-corrected chi connectivity index (χ4v) is 5.03. The van der Waals surface area contributed by atoms with Gasteiger partial charge in [-0.05, 0) is 49.9 Å². The number of nitrogens with zero attached hydrogens (tertiary/aromatic N) is 4. The maximum Gasteiger partial charge on any atom is 0.416 e. The fourth-order valence-electron chi connectivity index (χ4n) is 5.03. The average Bonchev–Trinajstić information content (AvgIpc) is 2.90. The second-order valence-corrected chi connectivity index (χ2v) is 9.42. The van der Waals surface area contributed by atoms with E-state index in [1.165, 1.54) is 24.5 Å². The van der Waals surface area contributed by atoms with E-state index in [9.17, 15) is 22.8 Å². The number of terminal acetylenes is 1. The number of likely N-dealkylation sites (tertiary alicyclic amines) is 1. The first-order valence-corrected chi connectivity index (χ1v) is 12.3. The van der Waals surface area contributed by atoms with E-state index in [0.29, 0.717) is 59.7 Å². The number of carbonyl (C=O) groups is 1. The lowest BCUT2D eigenvalue weighted by Crippen LogP contribution is -2.48. The van der Waals surface area contributed by atoms with Gasteiger partial charge in [0.2, 0.25) is 5.91 Å². The molecular weight excluding hydrogens is 511 g/mol. The molecule has 1 fully saturated rings. The van der Waals surface area contributed by atoms with Crippen molar-refractivity contribution in [2.45, 2.75) is 51.9 Å². The van der Waals surface area contributed by atoms with Crippen LogP contribution in [0.25, 0.3) is 11.0 Å². The van der Waals surface area contributed by atoms with E-state index in [1.807, 2.05) is 0 Å². The maximum absolute atomic E-state index is 13.5. The van der Waals surface area contributed by atoms with Crippen molar-refractivity contribution in [3.05, 3.63) is 62.7 Å². The van der Waals surface area contributed by atoms with E-state index in [4.69, 9.17) is 4.74 Å². The lowest BCUT2D eigenvalue weighted by atomic mass is 9.84. The number of anilines is 1. The lowest BCUT2D eigenvalue weighted by Gasteiger charge is -2.40. The molecule has 0 radical (unpaired) electrons. The summed E-state index contributed by atoms with van der Waals surface area (Å²) >= 11 is 0. The molecule has 1 saturated heterocycles. The van der Waals surface area contributed by atoms with E-state index >= 15 is 0 Å². The first-order chi connectivity index (χ1) is 18.4. The molecule has 1 amide bonds. The van der Waals surface area contributed by atoms with E-state index in [0.717, 1.165) is 6.07 Å². The van der Waals surface area contributed by atoms with Crippen LogP contribution in [0.1, 0.15) is 47.8 Å². The number of amides is 1. The number of benzene rings is 1. The summed E-state index contributed by atoms with van der Waals surface area (Å²) in [4.78, 5) is 36.0. The highest BCUT2D eigenvalue weighted by molar-refractivity contribution is 5.87. The van der Waals surface area contributed by atoms with Crippen molar-refractivity contribution >= 4 is 22.8 Å². The van der Waals surface area contributed by atoms with Gasteiger partial charge in [-0.3, -0.25) is 14.2 Å². The molecule has 4 rings (SSSR count). The Bertz CT molecular complexity index is 1450. The van der Waals surface area contributed by atoms with Crippen LogP contribution in [-0.4, -0.2) is 45.5 Å². The summed E-state index contributed by atoms with van der Waals surface area (Å²) in [5, 5.41) is 3.72. The third-order valence-electron chi connectivity index (χ3n) is 7.27. The highest BCUT2D eigenvalue weighted by Crippen LogP contribution is 2.37. The first-order valence-electron chi connectivity index (χ1n) is 12.3. The molecule has 1 aliphatic heterocycles. The number of aromatic nitrogens is 3. The first kappa shape index (κ1) is 29.6. The summed E-state index contributed by atoms with van der Waals surface area (Å²) in [6, 6.07) is 5.80. The second kappa shape index (κ2) is 11.5. The Hall–Kier alpha value is -3.91. The molecule has 39 heavy (non-hydrogen) atoms. The van der Waals surface area contributed by atoms with Gasteiger partial charge in [-0.2, -0.15) is 13.2 Å². The fraction of sp³-hybridized carbons (Fsp3) is 0.429. The number of nitrogens with one attached hydrogen (secondary N) is 1. The quantitative estimate of drug-likeness (QED) is 0.483. The van der Waals surface area contributed by atoms with E-state index < -0.39 is 17.3 Å². The van der Waals surface area contributed by atoms with Crippen LogP contribution in [0.5, 0.6) is 0 Å². The maximum atomic E-state index is 13.5. The molecule has 1 aromatic carbocycles.